The van der Waals surface area contributed by atoms with Crippen LogP contribution in [0, 0.1) is 10.8 Å². The number of allylic oxidation sites excluding steroid dienone is 4. The molecule has 2 nitrogen and oxygen atoms in total. The summed E-state index contributed by atoms with van der Waals surface area (Å²) in [6, 6.07) is 0. The van der Waals surface area contributed by atoms with Crippen molar-refractivity contribution in [3.63, 3.8) is 0 Å². The van der Waals surface area contributed by atoms with E-state index in [9.17, 15) is 9.59 Å². The summed E-state index contributed by atoms with van der Waals surface area (Å²) in [4.78, 5) is 24.7. The number of hydrogen-bond acceptors (Lipinski definition) is 2. The van der Waals surface area contributed by atoms with E-state index in [0.717, 1.165) is 19.3 Å². The van der Waals surface area contributed by atoms with E-state index < -0.39 is 0 Å². The molecule has 0 atom stereocenters. The van der Waals surface area contributed by atoms with Gasteiger partial charge in [0.05, 0.1) is 0 Å². The molecule has 0 fully saturated rings. The highest BCUT2D eigenvalue weighted by Gasteiger charge is 2.36. The van der Waals surface area contributed by atoms with Crippen LogP contribution in [0.5, 0.6) is 0 Å². The summed E-state index contributed by atoms with van der Waals surface area (Å²) in [5, 5.41) is 0. The molecule has 0 spiro atoms. The Kier molecular flexibility index (Phi) is 4.54. The Bertz CT molecular complexity index is 446. The lowest BCUT2D eigenvalue weighted by Gasteiger charge is -2.33. The first-order chi connectivity index (χ1) is 8.71. The van der Waals surface area contributed by atoms with Gasteiger partial charge in [0, 0.05) is 11.1 Å². The number of ketones is 2. The van der Waals surface area contributed by atoms with Gasteiger partial charge >= 0.3 is 0 Å². The van der Waals surface area contributed by atoms with Gasteiger partial charge in [0.25, 0.3) is 0 Å². The zero-order valence-electron chi connectivity index (χ0n) is 13.1. The van der Waals surface area contributed by atoms with Gasteiger partial charge < -0.3 is 0 Å². The lowest BCUT2D eigenvalue weighted by atomic mass is 9.70. The van der Waals surface area contributed by atoms with Crippen molar-refractivity contribution in [3.05, 3.63) is 23.3 Å². The molecule has 0 amide bonds. The summed E-state index contributed by atoms with van der Waals surface area (Å²) < 4.78 is 0. The molecule has 0 radical (unpaired) electrons. The fraction of sp³-hybridized carbons (Fsp3) is 0.647. The van der Waals surface area contributed by atoms with Crippen molar-refractivity contribution in [3.8, 4) is 0 Å². The maximum atomic E-state index is 12.4. The van der Waals surface area contributed by atoms with Crippen LogP contribution >= 0.6 is 0 Å². The largest absolute Gasteiger partial charge is 0.290 e. The molecule has 0 aliphatic heterocycles. The second-order valence-corrected chi connectivity index (χ2v) is 6.35. The summed E-state index contributed by atoms with van der Waals surface area (Å²) >= 11 is 0. The number of rotatable bonds is 5. The van der Waals surface area contributed by atoms with Crippen LogP contribution in [0.3, 0.4) is 0 Å². The highest BCUT2D eigenvalue weighted by atomic mass is 16.1. The van der Waals surface area contributed by atoms with Crippen molar-refractivity contribution in [2.45, 2.75) is 60.8 Å². The van der Waals surface area contributed by atoms with E-state index in [4.69, 9.17) is 0 Å². The molecule has 0 unspecified atom stereocenters. The van der Waals surface area contributed by atoms with Crippen LogP contribution in [0.15, 0.2) is 23.3 Å². The van der Waals surface area contributed by atoms with Crippen LogP contribution in [-0.4, -0.2) is 11.6 Å². The smallest absolute Gasteiger partial charge is 0.182 e. The molecule has 1 aliphatic carbocycles. The maximum absolute atomic E-state index is 12.4. The Balaban J connectivity index is 3.20. The third-order valence-corrected chi connectivity index (χ3v) is 4.91. The molecule has 0 heterocycles. The molecule has 19 heavy (non-hydrogen) atoms. The highest BCUT2D eigenvalue weighted by molar-refractivity contribution is 6.20. The molecular formula is C17H26O2. The van der Waals surface area contributed by atoms with E-state index in [-0.39, 0.29) is 22.4 Å². The van der Waals surface area contributed by atoms with Gasteiger partial charge in [-0.25, -0.2) is 0 Å². The predicted octanol–water partition coefficient (Wildman–Crippen LogP) is 4.25. The van der Waals surface area contributed by atoms with Gasteiger partial charge in [0.2, 0.25) is 0 Å². The van der Waals surface area contributed by atoms with Crippen molar-refractivity contribution in [2.24, 2.45) is 10.8 Å². The topological polar surface area (TPSA) is 34.1 Å². The number of hydrogen-bond donors (Lipinski definition) is 0. The summed E-state index contributed by atoms with van der Waals surface area (Å²) in [7, 11) is 0. The minimum absolute atomic E-state index is 0.00887. The van der Waals surface area contributed by atoms with E-state index in [1.54, 1.807) is 12.2 Å². The predicted molar refractivity (Wildman–Crippen MR) is 78.9 cm³/mol. The van der Waals surface area contributed by atoms with Crippen LogP contribution < -0.4 is 0 Å². The van der Waals surface area contributed by atoms with Crippen molar-refractivity contribution in [1.29, 1.82) is 0 Å². The summed E-state index contributed by atoms with van der Waals surface area (Å²) in [6.45, 7) is 12.3. The zero-order chi connectivity index (χ0) is 14.8. The Morgan fingerprint density at radius 2 is 1.21 bits per heavy atom. The first-order valence-electron chi connectivity index (χ1n) is 7.24. The molecule has 2 heteroatoms. The van der Waals surface area contributed by atoms with E-state index >= 15 is 0 Å². The molecular weight excluding hydrogens is 236 g/mol. The van der Waals surface area contributed by atoms with Gasteiger partial charge in [0.15, 0.2) is 11.6 Å². The van der Waals surface area contributed by atoms with Crippen molar-refractivity contribution < 1.29 is 9.59 Å². The van der Waals surface area contributed by atoms with E-state index in [2.05, 4.69) is 20.8 Å². The third-order valence-electron chi connectivity index (χ3n) is 4.91. The molecule has 0 bridgehead atoms. The van der Waals surface area contributed by atoms with Crippen molar-refractivity contribution in [1.82, 2.24) is 0 Å². The molecule has 106 valence electrons. The van der Waals surface area contributed by atoms with Crippen LogP contribution in [-0.2, 0) is 9.59 Å². The lowest BCUT2D eigenvalue weighted by molar-refractivity contribution is -0.116. The Labute approximate surface area is 117 Å². The van der Waals surface area contributed by atoms with Crippen molar-refractivity contribution >= 4 is 11.6 Å². The first kappa shape index (κ1) is 15.9. The maximum Gasteiger partial charge on any atom is 0.182 e. The van der Waals surface area contributed by atoms with Gasteiger partial charge in [-0.2, -0.15) is 0 Å². The molecule has 1 rings (SSSR count). The molecule has 1 aliphatic rings. The van der Waals surface area contributed by atoms with Gasteiger partial charge in [0.1, 0.15) is 0 Å². The Hall–Kier alpha value is -1.18. The summed E-state index contributed by atoms with van der Waals surface area (Å²) in [5.41, 5.74) is 0.908. The molecule has 0 aromatic carbocycles. The second-order valence-electron chi connectivity index (χ2n) is 6.35. The second kappa shape index (κ2) is 5.44. The molecule has 0 aromatic rings. The summed E-state index contributed by atoms with van der Waals surface area (Å²) in [5.74, 6) is 0.0249. The van der Waals surface area contributed by atoms with Crippen LogP contribution in [0.25, 0.3) is 0 Å². The van der Waals surface area contributed by atoms with E-state index in [1.165, 1.54) is 0 Å². The summed E-state index contributed by atoms with van der Waals surface area (Å²) in [6.07, 6.45) is 5.75. The highest BCUT2D eigenvalue weighted by Crippen LogP contribution is 2.40. The SMILES string of the molecule is CCC(C)(C)C1=CC(=O)C(C(C)(CC)CC)=CC1=O. The molecule has 0 N–H and O–H groups in total. The normalized spacial score (nSPS) is 17.4. The third kappa shape index (κ3) is 2.88. The Morgan fingerprint density at radius 1 is 0.789 bits per heavy atom. The van der Waals surface area contributed by atoms with Crippen LogP contribution in [0.1, 0.15) is 60.8 Å². The van der Waals surface area contributed by atoms with Gasteiger partial charge in [-0.15, -0.1) is 0 Å². The van der Waals surface area contributed by atoms with Gasteiger partial charge in [-0.05, 0) is 42.2 Å². The fourth-order valence-corrected chi connectivity index (χ4v) is 2.38. The van der Waals surface area contributed by atoms with Crippen molar-refractivity contribution in [2.75, 3.05) is 0 Å². The Morgan fingerprint density at radius 3 is 1.63 bits per heavy atom. The standard InChI is InChI=1S/C17H26O2/c1-7-16(4,5)12-10-15(19)13(11-14(12)18)17(6,8-2)9-3/h10-11H,7-9H2,1-6H3. The number of carbonyl (C=O) groups excluding carboxylic acids is 2. The fourth-order valence-electron chi connectivity index (χ4n) is 2.38. The van der Waals surface area contributed by atoms with Crippen LogP contribution in [0.2, 0.25) is 0 Å². The molecule has 0 saturated heterocycles. The quantitative estimate of drug-likeness (QED) is 0.694. The van der Waals surface area contributed by atoms with Gasteiger partial charge in [-0.3, -0.25) is 9.59 Å². The zero-order valence-corrected chi connectivity index (χ0v) is 13.1. The first-order valence-corrected chi connectivity index (χ1v) is 7.24. The van der Waals surface area contributed by atoms with E-state index in [0.29, 0.717) is 11.1 Å². The average Bonchev–Trinajstić information content (AvgIpc) is 2.39. The average molecular weight is 262 g/mol. The minimum atomic E-state index is -0.233. The monoisotopic (exact) mass is 262 g/mol. The molecule has 0 saturated carbocycles. The molecule has 0 aromatic heterocycles. The number of carbonyl (C=O) groups is 2. The van der Waals surface area contributed by atoms with E-state index in [1.807, 2.05) is 20.8 Å². The van der Waals surface area contributed by atoms with Crippen LogP contribution in [0.4, 0.5) is 0 Å². The van der Waals surface area contributed by atoms with Gasteiger partial charge in [-0.1, -0.05) is 41.5 Å². The lowest BCUT2D eigenvalue weighted by Crippen LogP contribution is -2.30. The minimum Gasteiger partial charge on any atom is -0.290 e.